The Balaban J connectivity index is 2.06. The first-order chi connectivity index (χ1) is 11.5. The van der Waals surface area contributed by atoms with Crippen LogP contribution in [0.5, 0.6) is 5.75 Å². The van der Waals surface area contributed by atoms with Crippen LogP contribution in [-0.2, 0) is 4.79 Å². The maximum atomic E-state index is 12.0. The molecular weight excluding hydrogens is 332 g/mol. The van der Waals surface area contributed by atoms with Crippen LogP contribution < -0.4 is 10.2 Å². The molecule has 0 fully saturated rings. The summed E-state index contributed by atoms with van der Waals surface area (Å²) in [5.74, 6) is -1.03. The average molecular weight is 347 g/mol. The van der Waals surface area contributed by atoms with Gasteiger partial charge in [0.05, 0.1) is 5.71 Å². The van der Waals surface area contributed by atoms with Crippen molar-refractivity contribution < 1.29 is 19.4 Å². The second-order valence-electron chi connectivity index (χ2n) is 4.86. The molecule has 2 N–H and O–H groups in total. The van der Waals surface area contributed by atoms with Gasteiger partial charge in [-0.2, -0.15) is 5.10 Å². The van der Waals surface area contributed by atoms with Crippen LogP contribution in [0.2, 0.25) is 5.02 Å². The van der Waals surface area contributed by atoms with E-state index < -0.39 is 12.6 Å². The minimum absolute atomic E-state index is 0.380. The third-order valence-corrected chi connectivity index (χ3v) is 3.26. The molecule has 0 saturated carbocycles. The molecule has 7 heteroatoms. The van der Waals surface area contributed by atoms with Crippen molar-refractivity contribution in [2.24, 2.45) is 5.10 Å². The number of hydrogen-bond donors (Lipinski definition) is 2. The number of hydrogen-bond acceptors (Lipinski definition) is 4. The van der Waals surface area contributed by atoms with Crippen molar-refractivity contribution in [3.8, 4) is 5.75 Å². The number of nitrogens with zero attached hydrogens (tertiary/aromatic N) is 1. The summed E-state index contributed by atoms with van der Waals surface area (Å²) >= 11 is 5.85. The number of nitrogens with one attached hydrogen (secondary N) is 1. The minimum atomic E-state index is -1.06. The van der Waals surface area contributed by atoms with Gasteiger partial charge >= 0.3 is 5.97 Å². The molecule has 124 valence electrons. The summed E-state index contributed by atoms with van der Waals surface area (Å²) in [7, 11) is 0. The van der Waals surface area contributed by atoms with Gasteiger partial charge in [0.15, 0.2) is 6.61 Å². The van der Waals surface area contributed by atoms with E-state index in [4.69, 9.17) is 21.4 Å². The summed E-state index contributed by atoms with van der Waals surface area (Å²) in [6.45, 7) is 1.29. The number of carbonyl (C=O) groups is 2. The van der Waals surface area contributed by atoms with Gasteiger partial charge in [0.25, 0.3) is 5.91 Å². The smallest absolute Gasteiger partial charge is 0.341 e. The van der Waals surface area contributed by atoms with Crippen molar-refractivity contribution in [3.05, 3.63) is 64.7 Å². The van der Waals surface area contributed by atoms with Crippen LogP contribution in [-0.4, -0.2) is 29.3 Å². The molecular formula is C17H15ClN2O4. The van der Waals surface area contributed by atoms with E-state index in [0.717, 1.165) is 0 Å². The second kappa shape index (κ2) is 8.12. The fourth-order valence-corrected chi connectivity index (χ4v) is 2.04. The van der Waals surface area contributed by atoms with Crippen molar-refractivity contribution in [1.29, 1.82) is 0 Å². The van der Waals surface area contributed by atoms with E-state index in [1.54, 1.807) is 55.5 Å². The highest BCUT2D eigenvalue weighted by Crippen LogP contribution is 2.14. The summed E-state index contributed by atoms with van der Waals surface area (Å²) in [6, 6.07) is 13.3. The lowest BCUT2D eigenvalue weighted by atomic mass is 10.1. The Morgan fingerprint density at radius 2 is 1.88 bits per heavy atom. The molecule has 0 radical (unpaired) electrons. The number of hydrazone groups is 1. The molecule has 2 aromatic rings. The summed E-state index contributed by atoms with van der Waals surface area (Å²) in [5.41, 5.74) is 4.10. The first-order valence-corrected chi connectivity index (χ1v) is 7.39. The fraction of sp³-hybridized carbons (Fsp3) is 0.118. The lowest BCUT2D eigenvalue weighted by molar-refractivity contribution is -0.139. The van der Waals surface area contributed by atoms with Gasteiger partial charge in [-0.3, -0.25) is 4.79 Å². The number of rotatable bonds is 6. The minimum Gasteiger partial charge on any atom is -0.482 e. The summed E-state index contributed by atoms with van der Waals surface area (Å²) in [6.07, 6.45) is 0. The maximum absolute atomic E-state index is 12.0. The molecule has 0 aliphatic rings. The predicted molar refractivity (Wildman–Crippen MR) is 90.7 cm³/mol. The molecule has 2 rings (SSSR count). The van der Waals surface area contributed by atoms with E-state index in [-0.39, 0.29) is 5.91 Å². The van der Waals surface area contributed by atoms with Gasteiger partial charge in [-0.05, 0) is 37.3 Å². The zero-order valence-electron chi connectivity index (χ0n) is 12.8. The molecule has 0 aromatic heterocycles. The highest BCUT2D eigenvalue weighted by Gasteiger charge is 2.06. The number of halogens is 1. The highest BCUT2D eigenvalue weighted by atomic mass is 35.5. The Bertz CT molecular complexity index is 790. The third-order valence-electron chi connectivity index (χ3n) is 3.03. The summed E-state index contributed by atoms with van der Waals surface area (Å²) < 4.78 is 5.11. The van der Waals surface area contributed by atoms with Crippen LogP contribution in [0.25, 0.3) is 0 Å². The number of carboxylic acids is 1. The number of aliphatic carboxylic acids is 1. The van der Waals surface area contributed by atoms with Crippen molar-refractivity contribution in [1.82, 2.24) is 5.43 Å². The normalized spacial score (nSPS) is 11.0. The Kier molecular flexibility index (Phi) is 5.92. The van der Waals surface area contributed by atoms with E-state index in [1.807, 2.05) is 0 Å². The SMILES string of the molecule is C/C(=N/NC(=O)c1cccc(Cl)c1)c1cccc(OCC(=O)O)c1. The Hall–Kier alpha value is -2.86. The lowest BCUT2D eigenvalue weighted by Gasteiger charge is -2.06. The molecule has 0 heterocycles. The number of carboxylic acid groups (broad SMARTS) is 1. The first kappa shape index (κ1) is 17.5. The number of carbonyl (C=O) groups excluding carboxylic acids is 1. The average Bonchev–Trinajstić information content (AvgIpc) is 2.57. The van der Waals surface area contributed by atoms with Crippen LogP contribution in [0, 0.1) is 0 Å². The van der Waals surface area contributed by atoms with Crippen LogP contribution >= 0.6 is 11.6 Å². The highest BCUT2D eigenvalue weighted by molar-refractivity contribution is 6.30. The van der Waals surface area contributed by atoms with Crippen LogP contribution in [0.1, 0.15) is 22.8 Å². The molecule has 1 amide bonds. The van der Waals surface area contributed by atoms with E-state index >= 15 is 0 Å². The zero-order chi connectivity index (χ0) is 17.5. The first-order valence-electron chi connectivity index (χ1n) is 7.01. The molecule has 24 heavy (non-hydrogen) atoms. The largest absolute Gasteiger partial charge is 0.482 e. The van der Waals surface area contributed by atoms with Crippen LogP contribution in [0.15, 0.2) is 53.6 Å². The van der Waals surface area contributed by atoms with Gasteiger partial charge in [0.1, 0.15) is 5.75 Å². The monoisotopic (exact) mass is 346 g/mol. The Labute approximate surface area is 143 Å². The Morgan fingerprint density at radius 1 is 1.17 bits per heavy atom. The molecule has 0 aliphatic carbocycles. The van der Waals surface area contributed by atoms with E-state index in [1.165, 1.54) is 0 Å². The standard InChI is InChI=1S/C17H15ClN2O4/c1-11(12-4-3-7-15(9-12)24-10-16(21)22)19-20-17(23)13-5-2-6-14(18)8-13/h2-9H,10H2,1H3,(H,20,23)(H,21,22)/b19-11-. The third kappa shape index (κ3) is 5.10. The quantitative estimate of drug-likeness (QED) is 0.621. The van der Waals surface area contributed by atoms with Gasteiger partial charge < -0.3 is 9.84 Å². The molecule has 0 spiro atoms. The van der Waals surface area contributed by atoms with Gasteiger partial charge in [-0.1, -0.05) is 29.8 Å². The molecule has 0 unspecified atom stereocenters. The van der Waals surface area contributed by atoms with Gasteiger partial charge in [-0.25, -0.2) is 10.2 Å². The van der Waals surface area contributed by atoms with Crippen molar-refractivity contribution in [3.63, 3.8) is 0 Å². The number of amides is 1. The van der Waals surface area contributed by atoms with Crippen molar-refractivity contribution in [2.75, 3.05) is 6.61 Å². The van der Waals surface area contributed by atoms with Crippen molar-refractivity contribution in [2.45, 2.75) is 6.92 Å². The number of benzene rings is 2. The van der Waals surface area contributed by atoms with Crippen molar-refractivity contribution >= 4 is 29.2 Å². The Morgan fingerprint density at radius 3 is 2.58 bits per heavy atom. The predicted octanol–water partition coefficient (Wildman–Crippen LogP) is 2.96. The zero-order valence-corrected chi connectivity index (χ0v) is 13.6. The molecule has 2 aromatic carbocycles. The number of ether oxygens (including phenoxy) is 1. The fourth-order valence-electron chi connectivity index (χ4n) is 1.85. The van der Waals surface area contributed by atoms with E-state index in [9.17, 15) is 9.59 Å². The maximum Gasteiger partial charge on any atom is 0.341 e. The molecule has 0 aliphatic heterocycles. The summed E-state index contributed by atoms with van der Waals surface area (Å²) in [4.78, 5) is 22.5. The lowest BCUT2D eigenvalue weighted by Crippen LogP contribution is -2.19. The van der Waals surface area contributed by atoms with E-state index in [0.29, 0.717) is 27.6 Å². The topological polar surface area (TPSA) is 88.0 Å². The molecule has 0 saturated heterocycles. The molecule has 6 nitrogen and oxygen atoms in total. The molecule has 0 bridgehead atoms. The molecule has 0 atom stereocenters. The van der Waals surface area contributed by atoms with Crippen LogP contribution in [0.3, 0.4) is 0 Å². The van der Waals surface area contributed by atoms with E-state index in [2.05, 4.69) is 10.5 Å². The summed E-state index contributed by atoms with van der Waals surface area (Å²) in [5, 5.41) is 13.1. The van der Waals surface area contributed by atoms with Crippen LogP contribution in [0.4, 0.5) is 0 Å². The van der Waals surface area contributed by atoms with Gasteiger partial charge in [-0.15, -0.1) is 0 Å². The van der Waals surface area contributed by atoms with Gasteiger partial charge in [0.2, 0.25) is 0 Å². The second-order valence-corrected chi connectivity index (χ2v) is 5.30. The van der Waals surface area contributed by atoms with Gasteiger partial charge in [0, 0.05) is 16.1 Å².